The van der Waals surface area contributed by atoms with E-state index >= 15 is 0 Å². The molecule has 0 atom stereocenters. The quantitative estimate of drug-likeness (QED) is 0.679. The van der Waals surface area contributed by atoms with Crippen molar-refractivity contribution < 1.29 is 0 Å². The first-order valence-corrected chi connectivity index (χ1v) is 8.43. The average molecular weight is 365 g/mol. The monoisotopic (exact) mass is 364 g/mol. The number of thiophene rings is 1. The normalized spacial score (nSPS) is 11.6. The van der Waals surface area contributed by atoms with Crippen molar-refractivity contribution in [3.63, 3.8) is 0 Å². The lowest BCUT2D eigenvalue weighted by Crippen LogP contribution is -2.20. The largest absolute Gasteiger partial charge is 0.399 e. The predicted molar refractivity (Wildman–Crippen MR) is 92.6 cm³/mol. The average Bonchev–Trinajstić information content (AvgIpc) is 3.02. The van der Waals surface area contributed by atoms with Crippen molar-refractivity contribution in [2.75, 3.05) is 19.3 Å². The summed E-state index contributed by atoms with van der Waals surface area (Å²) < 4.78 is 1.16. The first-order valence-electron chi connectivity index (χ1n) is 6.76. The van der Waals surface area contributed by atoms with Crippen LogP contribution in [-0.2, 0) is 13.0 Å². The number of hydrogen-bond donors (Lipinski definition) is 2. The van der Waals surface area contributed by atoms with Crippen molar-refractivity contribution in [3.8, 4) is 0 Å². The van der Waals surface area contributed by atoms with Crippen LogP contribution < -0.4 is 5.73 Å². The molecule has 4 nitrogen and oxygen atoms in total. The number of nitrogens with one attached hydrogen (secondary N) is 1. The molecule has 2 heterocycles. The number of aromatic amines is 1. The lowest BCUT2D eigenvalue weighted by Gasteiger charge is -2.14. The highest BCUT2D eigenvalue weighted by atomic mass is 79.9. The smallest absolute Gasteiger partial charge is 0.108 e. The predicted octanol–water partition coefficient (Wildman–Crippen LogP) is 3.64. The molecule has 110 valence electrons. The van der Waals surface area contributed by atoms with Gasteiger partial charge in [0.05, 0.1) is 11.0 Å². The molecule has 0 unspecified atom stereocenters. The molecule has 0 amide bonds. The van der Waals surface area contributed by atoms with E-state index in [9.17, 15) is 0 Å². The van der Waals surface area contributed by atoms with Gasteiger partial charge in [0.15, 0.2) is 0 Å². The zero-order valence-corrected chi connectivity index (χ0v) is 14.2. The summed E-state index contributed by atoms with van der Waals surface area (Å²) in [5, 5.41) is 2.12. The highest BCUT2D eigenvalue weighted by Crippen LogP contribution is 2.21. The van der Waals surface area contributed by atoms with E-state index in [4.69, 9.17) is 5.73 Å². The summed E-state index contributed by atoms with van der Waals surface area (Å²) in [5.74, 6) is 1.01. The van der Waals surface area contributed by atoms with Gasteiger partial charge < -0.3 is 15.6 Å². The first-order chi connectivity index (χ1) is 10.1. The van der Waals surface area contributed by atoms with Crippen LogP contribution in [0.3, 0.4) is 0 Å². The van der Waals surface area contributed by atoms with Gasteiger partial charge in [-0.15, -0.1) is 11.3 Å². The van der Waals surface area contributed by atoms with E-state index in [-0.39, 0.29) is 0 Å². The van der Waals surface area contributed by atoms with Crippen molar-refractivity contribution in [1.82, 2.24) is 14.9 Å². The molecule has 0 aliphatic carbocycles. The van der Waals surface area contributed by atoms with Crippen LogP contribution in [0.15, 0.2) is 34.1 Å². The summed E-state index contributed by atoms with van der Waals surface area (Å²) in [6.45, 7) is 1.92. The molecule has 0 aliphatic rings. The number of nitrogen functional groups attached to an aromatic ring is 1. The molecule has 0 saturated heterocycles. The van der Waals surface area contributed by atoms with E-state index in [0.29, 0.717) is 0 Å². The van der Waals surface area contributed by atoms with E-state index in [1.165, 1.54) is 4.88 Å². The minimum atomic E-state index is 0.762. The van der Waals surface area contributed by atoms with E-state index in [2.05, 4.69) is 49.3 Å². The summed E-state index contributed by atoms with van der Waals surface area (Å²) in [7, 11) is 2.13. The number of likely N-dealkylation sites (N-methyl/N-ethyl adjacent to an activating group) is 1. The second-order valence-corrected chi connectivity index (χ2v) is 7.09. The van der Waals surface area contributed by atoms with E-state index in [0.717, 1.165) is 46.5 Å². The van der Waals surface area contributed by atoms with E-state index in [1.807, 2.05) is 18.2 Å². The summed E-state index contributed by atoms with van der Waals surface area (Å²) >= 11 is 5.27. The fraction of sp³-hybridized carbons (Fsp3) is 0.267. The zero-order valence-electron chi connectivity index (χ0n) is 11.8. The summed E-state index contributed by atoms with van der Waals surface area (Å²) in [6, 6.07) is 7.94. The number of anilines is 1. The summed E-state index contributed by atoms with van der Waals surface area (Å²) in [5.41, 5.74) is 8.53. The van der Waals surface area contributed by atoms with Crippen molar-refractivity contribution in [3.05, 3.63) is 44.8 Å². The molecule has 3 rings (SSSR count). The van der Waals surface area contributed by atoms with E-state index < -0.39 is 0 Å². The fourth-order valence-corrected chi connectivity index (χ4v) is 3.81. The van der Waals surface area contributed by atoms with Gasteiger partial charge in [0, 0.05) is 39.9 Å². The maximum Gasteiger partial charge on any atom is 0.108 e. The molecule has 0 fully saturated rings. The number of halogens is 1. The van der Waals surface area contributed by atoms with Crippen LogP contribution in [0.5, 0.6) is 0 Å². The Morgan fingerprint density at radius 2 is 2.24 bits per heavy atom. The Bertz CT molecular complexity index is 749. The van der Waals surface area contributed by atoms with Gasteiger partial charge in [0.1, 0.15) is 5.82 Å². The van der Waals surface area contributed by atoms with Gasteiger partial charge in [-0.05, 0) is 47.2 Å². The zero-order chi connectivity index (χ0) is 14.8. The van der Waals surface area contributed by atoms with Gasteiger partial charge in [0.2, 0.25) is 0 Å². The number of rotatable bonds is 5. The number of imidazole rings is 1. The molecule has 6 heteroatoms. The highest BCUT2D eigenvalue weighted by Gasteiger charge is 2.06. The standard InChI is InChI=1S/C15H17BrN4S/c1-20(8-12-6-10(16)9-21-12)5-4-15-18-13-3-2-11(17)7-14(13)19-15/h2-3,6-7,9H,4-5,8,17H2,1H3,(H,18,19). The van der Waals surface area contributed by atoms with Crippen LogP contribution in [0.4, 0.5) is 5.69 Å². The molecular weight excluding hydrogens is 348 g/mol. The van der Waals surface area contributed by atoms with Crippen LogP contribution in [0, 0.1) is 0 Å². The van der Waals surface area contributed by atoms with Gasteiger partial charge in [-0.2, -0.15) is 0 Å². The van der Waals surface area contributed by atoms with Gasteiger partial charge in [-0.1, -0.05) is 0 Å². The third kappa shape index (κ3) is 3.64. The molecule has 0 radical (unpaired) electrons. The minimum absolute atomic E-state index is 0.762. The molecule has 0 spiro atoms. The molecule has 0 aliphatic heterocycles. The lowest BCUT2D eigenvalue weighted by atomic mass is 10.3. The molecule has 0 saturated carbocycles. The molecule has 2 aromatic heterocycles. The van der Waals surface area contributed by atoms with Crippen LogP contribution >= 0.6 is 27.3 Å². The van der Waals surface area contributed by atoms with Gasteiger partial charge in [-0.3, -0.25) is 0 Å². The number of nitrogens with zero attached hydrogens (tertiary/aromatic N) is 2. The first kappa shape index (κ1) is 14.6. The van der Waals surface area contributed by atoms with Crippen LogP contribution in [0.25, 0.3) is 11.0 Å². The molecular formula is C15H17BrN4S. The second kappa shape index (κ2) is 6.17. The number of benzene rings is 1. The lowest BCUT2D eigenvalue weighted by molar-refractivity contribution is 0.332. The van der Waals surface area contributed by atoms with Crippen molar-refractivity contribution in [2.24, 2.45) is 0 Å². The molecule has 21 heavy (non-hydrogen) atoms. The Hall–Kier alpha value is -1.37. The number of nitrogens with two attached hydrogens (primary N) is 1. The topological polar surface area (TPSA) is 57.9 Å². The fourth-order valence-electron chi connectivity index (χ4n) is 2.28. The summed E-state index contributed by atoms with van der Waals surface area (Å²) in [6.07, 6.45) is 0.900. The number of hydrogen-bond acceptors (Lipinski definition) is 4. The number of H-pyrrole nitrogens is 1. The molecule has 3 N–H and O–H groups in total. The number of aromatic nitrogens is 2. The van der Waals surface area contributed by atoms with Crippen LogP contribution in [0.1, 0.15) is 10.7 Å². The maximum absolute atomic E-state index is 5.78. The van der Waals surface area contributed by atoms with Crippen molar-refractivity contribution >= 4 is 44.0 Å². The highest BCUT2D eigenvalue weighted by molar-refractivity contribution is 9.10. The van der Waals surface area contributed by atoms with E-state index in [1.54, 1.807) is 11.3 Å². The van der Waals surface area contributed by atoms with Gasteiger partial charge >= 0.3 is 0 Å². The summed E-state index contributed by atoms with van der Waals surface area (Å²) in [4.78, 5) is 11.6. The minimum Gasteiger partial charge on any atom is -0.399 e. The van der Waals surface area contributed by atoms with Crippen LogP contribution in [0.2, 0.25) is 0 Å². The van der Waals surface area contributed by atoms with Crippen molar-refractivity contribution in [2.45, 2.75) is 13.0 Å². The van der Waals surface area contributed by atoms with Crippen LogP contribution in [-0.4, -0.2) is 28.5 Å². The molecule has 1 aromatic carbocycles. The third-order valence-electron chi connectivity index (χ3n) is 3.33. The van der Waals surface area contributed by atoms with Gasteiger partial charge in [0.25, 0.3) is 0 Å². The molecule has 0 bridgehead atoms. The Morgan fingerprint density at radius 1 is 1.38 bits per heavy atom. The Morgan fingerprint density at radius 3 is 3.00 bits per heavy atom. The Labute approximate surface area is 136 Å². The van der Waals surface area contributed by atoms with Crippen molar-refractivity contribution in [1.29, 1.82) is 0 Å². The maximum atomic E-state index is 5.78. The molecule has 3 aromatic rings. The second-order valence-electron chi connectivity index (χ2n) is 5.18. The third-order valence-corrected chi connectivity index (χ3v) is 5.02. The number of fused-ring (bicyclic) bond motifs is 1. The Kier molecular flexibility index (Phi) is 4.28. The SMILES string of the molecule is CN(CCc1nc2ccc(N)cc2[nH]1)Cc1cc(Br)cs1. The Balaban J connectivity index is 1.60. The van der Waals surface area contributed by atoms with Gasteiger partial charge in [-0.25, -0.2) is 4.98 Å².